The van der Waals surface area contributed by atoms with Crippen molar-refractivity contribution in [1.82, 2.24) is 15.1 Å². The summed E-state index contributed by atoms with van der Waals surface area (Å²) in [6, 6.07) is 0. The highest BCUT2D eigenvalue weighted by molar-refractivity contribution is 5.93. The Morgan fingerprint density at radius 2 is 2.50 bits per heavy atom. The summed E-state index contributed by atoms with van der Waals surface area (Å²) in [5.74, 6) is -0.109. The number of amides is 1. The van der Waals surface area contributed by atoms with Gasteiger partial charge < -0.3 is 10.1 Å². The highest BCUT2D eigenvalue weighted by atomic mass is 16.5. The van der Waals surface area contributed by atoms with Crippen LogP contribution in [0.5, 0.6) is 0 Å². The van der Waals surface area contributed by atoms with Gasteiger partial charge in [0.2, 0.25) is 0 Å². The summed E-state index contributed by atoms with van der Waals surface area (Å²) in [5.41, 5.74) is 0.586. The zero-order valence-corrected chi connectivity index (χ0v) is 8.49. The Morgan fingerprint density at radius 1 is 1.71 bits per heavy atom. The van der Waals surface area contributed by atoms with Crippen molar-refractivity contribution >= 4 is 5.91 Å². The molecular weight excluding hydrogens is 182 g/mol. The molecule has 0 aliphatic heterocycles. The molecule has 1 aromatic rings. The summed E-state index contributed by atoms with van der Waals surface area (Å²) in [4.78, 5) is 11.4. The van der Waals surface area contributed by atoms with Crippen LogP contribution in [0.2, 0.25) is 0 Å². The summed E-state index contributed by atoms with van der Waals surface area (Å²) < 4.78 is 6.53. The SMILES string of the molecule is CCn1cc(C(=O)NCCOC)cn1. The second-order valence-corrected chi connectivity index (χ2v) is 2.83. The van der Waals surface area contributed by atoms with Crippen LogP contribution < -0.4 is 5.32 Å². The summed E-state index contributed by atoms with van der Waals surface area (Å²) in [6.45, 7) is 3.78. The lowest BCUT2D eigenvalue weighted by Crippen LogP contribution is -2.26. The summed E-state index contributed by atoms with van der Waals surface area (Å²) >= 11 is 0. The van der Waals surface area contributed by atoms with Crippen LogP contribution in [0.15, 0.2) is 12.4 Å². The third-order valence-corrected chi connectivity index (χ3v) is 1.81. The smallest absolute Gasteiger partial charge is 0.254 e. The first-order valence-electron chi connectivity index (χ1n) is 4.57. The Morgan fingerprint density at radius 3 is 3.07 bits per heavy atom. The van der Waals surface area contributed by atoms with Gasteiger partial charge in [-0.15, -0.1) is 0 Å². The molecule has 0 saturated carbocycles. The second kappa shape index (κ2) is 5.39. The number of aromatic nitrogens is 2. The molecule has 0 aliphatic carbocycles. The Balaban J connectivity index is 2.44. The van der Waals surface area contributed by atoms with Gasteiger partial charge in [-0.2, -0.15) is 5.10 Å². The number of methoxy groups -OCH3 is 1. The molecule has 1 heterocycles. The zero-order valence-electron chi connectivity index (χ0n) is 8.49. The molecule has 14 heavy (non-hydrogen) atoms. The van der Waals surface area contributed by atoms with Crippen molar-refractivity contribution in [3.63, 3.8) is 0 Å². The van der Waals surface area contributed by atoms with Crippen molar-refractivity contribution in [3.8, 4) is 0 Å². The fourth-order valence-corrected chi connectivity index (χ4v) is 1.02. The molecule has 5 nitrogen and oxygen atoms in total. The van der Waals surface area contributed by atoms with Crippen LogP contribution in [0.3, 0.4) is 0 Å². The molecule has 0 saturated heterocycles. The number of hydrogen-bond acceptors (Lipinski definition) is 3. The molecule has 78 valence electrons. The van der Waals surface area contributed by atoms with Gasteiger partial charge in [-0.25, -0.2) is 0 Å². The Kier molecular flexibility index (Phi) is 4.12. The van der Waals surface area contributed by atoms with Crippen molar-refractivity contribution in [2.24, 2.45) is 0 Å². The van der Waals surface area contributed by atoms with E-state index in [1.165, 1.54) is 0 Å². The summed E-state index contributed by atoms with van der Waals surface area (Å²) in [5, 5.41) is 6.73. The standard InChI is InChI=1S/C9H15N3O2/c1-3-12-7-8(6-11-12)9(13)10-4-5-14-2/h6-7H,3-5H2,1-2H3,(H,10,13). The van der Waals surface area contributed by atoms with Crippen LogP contribution in [0.4, 0.5) is 0 Å². The lowest BCUT2D eigenvalue weighted by atomic mass is 10.3. The van der Waals surface area contributed by atoms with Crippen molar-refractivity contribution in [2.45, 2.75) is 13.5 Å². The molecule has 0 bridgehead atoms. The van der Waals surface area contributed by atoms with Gasteiger partial charge >= 0.3 is 0 Å². The van der Waals surface area contributed by atoms with E-state index >= 15 is 0 Å². The lowest BCUT2D eigenvalue weighted by Gasteiger charge is -2.01. The molecule has 0 aromatic carbocycles. The van der Waals surface area contributed by atoms with Gasteiger partial charge in [0.25, 0.3) is 5.91 Å². The van der Waals surface area contributed by atoms with Crippen LogP contribution in [-0.2, 0) is 11.3 Å². The van der Waals surface area contributed by atoms with Crippen LogP contribution in [0.25, 0.3) is 0 Å². The van der Waals surface area contributed by atoms with Gasteiger partial charge in [0.1, 0.15) is 0 Å². The maximum absolute atomic E-state index is 11.4. The second-order valence-electron chi connectivity index (χ2n) is 2.83. The molecule has 1 amide bonds. The van der Waals surface area contributed by atoms with Crippen LogP contribution in [0, 0.1) is 0 Å². The van der Waals surface area contributed by atoms with Crippen molar-refractivity contribution in [3.05, 3.63) is 18.0 Å². The molecule has 0 radical (unpaired) electrons. The van der Waals surface area contributed by atoms with E-state index in [9.17, 15) is 4.79 Å². The minimum Gasteiger partial charge on any atom is -0.383 e. The van der Waals surface area contributed by atoms with Gasteiger partial charge in [0.15, 0.2) is 0 Å². The normalized spacial score (nSPS) is 10.1. The number of nitrogens with zero attached hydrogens (tertiary/aromatic N) is 2. The van der Waals surface area contributed by atoms with E-state index in [0.717, 1.165) is 6.54 Å². The lowest BCUT2D eigenvalue weighted by molar-refractivity contribution is 0.0937. The quantitative estimate of drug-likeness (QED) is 0.690. The van der Waals surface area contributed by atoms with Crippen molar-refractivity contribution in [1.29, 1.82) is 0 Å². The van der Waals surface area contributed by atoms with Gasteiger partial charge in [-0.3, -0.25) is 9.48 Å². The average molecular weight is 197 g/mol. The van der Waals surface area contributed by atoms with E-state index in [-0.39, 0.29) is 5.91 Å². The molecule has 5 heteroatoms. The number of nitrogens with one attached hydrogen (secondary N) is 1. The third kappa shape index (κ3) is 2.85. The first-order valence-corrected chi connectivity index (χ1v) is 4.57. The minimum atomic E-state index is -0.109. The van der Waals surface area contributed by atoms with Gasteiger partial charge in [0.05, 0.1) is 18.4 Å². The van der Waals surface area contributed by atoms with Crippen molar-refractivity contribution < 1.29 is 9.53 Å². The van der Waals surface area contributed by atoms with E-state index in [0.29, 0.717) is 18.7 Å². The van der Waals surface area contributed by atoms with Crippen LogP contribution >= 0.6 is 0 Å². The van der Waals surface area contributed by atoms with Gasteiger partial charge in [0, 0.05) is 26.4 Å². The average Bonchev–Trinajstić information content (AvgIpc) is 2.66. The highest BCUT2D eigenvalue weighted by Crippen LogP contribution is 1.96. The molecule has 0 fully saturated rings. The van der Waals surface area contributed by atoms with E-state index < -0.39 is 0 Å². The minimum absolute atomic E-state index is 0.109. The summed E-state index contributed by atoms with van der Waals surface area (Å²) in [7, 11) is 1.60. The van der Waals surface area contributed by atoms with E-state index in [1.54, 1.807) is 24.2 Å². The monoisotopic (exact) mass is 197 g/mol. The Labute approximate surface area is 83.1 Å². The maximum Gasteiger partial charge on any atom is 0.254 e. The molecule has 1 rings (SSSR count). The Hall–Kier alpha value is -1.36. The van der Waals surface area contributed by atoms with Crippen molar-refractivity contribution in [2.75, 3.05) is 20.3 Å². The van der Waals surface area contributed by atoms with E-state index in [2.05, 4.69) is 10.4 Å². The first kappa shape index (κ1) is 10.7. The van der Waals surface area contributed by atoms with Gasteiger partial charge in [-0.05, 0) is 6.92 Å². The fraction of sp³-hybridized carbons (Fsp3) is 0.556. The Bertz CT molecular complexity index is 296. The van der Waals surface area contributed by atoms with Crippen LogP contribution in [0.1, 0.15) is 17.3 Å². The predicted octanol–water partition coefficient (Wildman–Crippen LogP) is 0.279. The topological polar surface area (TPSA) is 56.2 Å². The molecule has 0 aliphatic rings. The number of carbonyl (C=O) groups is 1. The molecular formula is C9H15N3O2. The third-order valence-electron chi connectivity index (χ3n) is 1.81. The maximum atomic E-state index is 11.4. The first-order chi connectivity index (χ1) is 6.77. The summed E-state index contributed by atoms with van der Waals surface area (Å²) in [6.07, 6.45) is 3.29. The number of hydrogen-bond donors (Lipinski definition) is 1. The molecule has 0 atom stereocenters. The largest absolute Gasteiger partial charge is 0.383 e. The molecule has 1 N–H and O–H groups in total. The predicted molar refractivity (Wildman–Crippen MR) is 52.1 cm³/mol. The van der Waals surface area contributed by atoms with E-state index in [4.69, 9.17) is 4.74 Å². The number of carbonyl (C=O) groups excluding carboxylic acids is 1. The fourth-order valence-electron chi connectivity index (χ4n) is 1.02. The number of rotatable bonds is 5. The number of aryl methyl sites for hydroxylation is 1. The number of ether oxygens (including phenoxy) is 1. The molecule has 1 aromatic heterocycles. The molecule has 0 spiro atoms. The van der Waals surface area contributed by atoms with Gasteiger partial charge in [-0.1, -0.05) is 0 Å². The highest BCUT2D eigenvalue weighted by Gasteiger charge is 2.06. The zero-order chi connectivity index (χ0) is 10.4. The van der Waals surface area contributed by atoms with Crippen LogP contribution in [-0.4, -0.2) is 35.9 Å². The molecule has 0 unspecified atom stereocenters. The van der Waals surface area contributed by atoms with E-state index in [1.807, 2.05) is 6.92 Å².